The highest BCUT2D eigenvalue weighted by Gasteiger charge is 2.05. The van der Waals surface area contributed by atoms with Crippen LogP contribution in [0.3, 0.4) is 0 Å². The number of hydrogen-bond donors (Lipinski definition) is 2. The van der Waals surface area contributed by atoms with E-state index in [-0.39, 0.29) is 12.2 Å². The maximum Gasteiger partial charge on any atom is 0.147 e. The topological polar surface area (TPSA) is 36.0 Å². The van der Waals surface area contributed by atoms with Crippen LogP contribution in [-0.2, 0) is 6.61 Å². The van der Waals surface area contributed by atoms with Crippen molar-refractivity contribution in [1.29, 1.82) is 0 Å². The molecule has 2 nitrogen and oxygen atoms in total. The summed E-state index contributed by atoms with van der Waals surface area (Å²) in [5, 5.41) is 8.50. The molecule has 1 heterocycles. The second-order valence-corrected chi connectivity index (χ2v) is 2.38. The molecule has 0 bridgehead atoms. The minimum absolute atomic E-state index is 0.273. The first-order chi connectivity index (χ1) is 4.25. The first kappa shape index (κ1) is 6.77. The molecular weight excluding hydrogens is 189 g/mol. The van der Waals surface area contributed by atoms with Crippen molar-refractivity contribution in [2.45, 2.75) is 6.61 Å². The summed E-state index contributed by atoms with van der Waals surface area (Å²) in [4.78, 5) is 2.57. The van der Waals surface area contributed by atoms with Gasteiger partial charge in [-0.05, 0) is 15.9 Å². The number of aliphatic hydroxyl groups excluding tert-OH is 1. The molecule has 0 saturated carbocycles. The lowest BCUT2D eigenvalue weighted by Gasteiger charge is -1.88. The van der Waals surface area contributed by atoms with E-state index in [4.69, 9.17) is 5.11 Å². The molecule has 0 aliphatic heterocycles. The first-order valence-corrected chi connectivity index (χ1v) is 3.17. The van der Waals surface area contributed by atoms with E-state index in [1.807, 2.05) is 0 Å². The molecular formula is C5H5BrFNO. The van der Waals surface area contributed by atoms with Crippen LogP contribution in [0.4, 0.5) is 4.39 Å². The van der Waals surface area contributed by atoms with Crippen LogP contribution in [0.5, 0.6) is 0 Å². The van der Waals surface area contributed by atoms with Crippen molar-refractivity contribution in [2.75, 3.05) is 0 Å². The van der Waals surface area contributed by atoms with Gasteiger partial charge in [0.15, 0.2) is 0 Å². The summed E-state index contributed by atoms with van der Waals surface area (Å²) >= 11 is 3.02. The summed E-state index contributed by atoms with van der Waals surface area (Å²) < 4.78 is 12.9. The molecule has 50 valence electrons. The minimum Gasteiger partial charge on any atom is -0.391 e. The average Bonchev–Trinajstić information content (AvgIpc) is 2.12. The highest BCUT2D eigenvalue weighted by Crippen LogP contribution is 2.17. The standard InChI is InChI=1S/C5H5BrFNO/c6-5-3(2-9)4(7)1-8-5/h1,8-9H,2H2. The van der Waals surface area contributed by atoms with Crippen LogP contribution in [0.2, 0.25) is 0 Å². The summed E-state index contributed by atoms with van der Waals surface area (Å²) in [5.74, 6) is -0.413. The van der Waals surface area contributed by atoms with E-state index in [9.17, 15) is 4.39 Å². The van der Waals surface area contributed by atoms with Crippen LogP contribution >= 0.6 is 15.9 Å². The van der Waals surface area contributed by atoms with E-state index >= 15 is 0 Å². The number of aromatic amines is 1. The Morgan fingerprint density at radius 3 is 2.67 bits per heavy atom. The van der Waals surface area contributed by atoms with Gasteiger partial charge in [-0.25, -0.2) is 4.39 Å². The lowest BCUT2D eigenvalue weighted by molar-refractivity contribution is 0.275. The molecule has 0 amide bonds. The summed E-state index contributed by atoms with van der Waals surface area (Å²) in [5.41, 5.74) is 0.273. The molecule has 0 aliphatic rings. The van der Waals surface area contributed by atoms with E-state index in [0.717, 1.165) is 0 Å². The third kappa shape index (κ3) is 1.14. The van der Waals surface area contributed by atoms with Gasteiger partial charge < -0.3 is 10.1 Å². The Balaban J connectivity index is 3.07. The smallest absolute Gasteiger partial charge is 0.147 e. The number of halogens is 2. The number of aromatic nitrogens is 1. The Labute approximate surface area is 59.8 Å². The Hall–Kier alpha value is -0.350. The fourth-order valence-corrected chi connectivity index (χ4v) is 0.980. The van der Waals surface area contributed by atoms with E-state index in [1.165, 1.54) is 6.20 Å². The van der Waals surface area contributed by atoms with Crippen LogP contribution < -0.4 is 0 Å². The zero-order valence-corrected chi connectivity index (χ0v) is 6.07. The second-order valence-electron chi connectivity index (χ2n) is 1.59. The lowest BCUT2D eigenvalue weighted by atomic mass is 10.3. The number of rotatable bonds is 1. The largest absolute Gasteiger partial charge is 0.391 e. The van der Waals surface area contributed by atoms with Gasteiger partial charge in [-0.2, -0.15) is 0 Å². The number of hydrogen-bond acceptors (Lipinski definition) is 1. The Kier molecular flexibility index (Phi) is 1.87. The van der Waals surface area contributed by atoms with Crippen LogP contribution in [0.25, 0.3) is 0 Å². The molecule has 1 aromatic heterocycles. The zero-order valence-electron chi connectivity index (χ0n) is 4.49. The van der Waals surface area contributed by atoms with Gasteiger partial charge in [0.25, 0.3) is 0 Å². The molecule has 1 rings (SSSR count). The van der Waals surface area contributed by atoms with E-state index in [1.54, 1.807) is 0 Å². The zero-order chi connectivity index (χ0) is 6.85. The maximum atomic E-state index is 12.4. The third-order valence-corrected chi connectivity index (χ3v) is 1.74. The Bertz CT molecular complexity index is 191. The van der Waals surface area contributed by atoms with Crippen LogP contribution in [0, 0.1) is 5.82 Å². The number of aliphatic hydroxyl groups is 1. The van der Waals surface area contributed by atoms with Crippen molar-refractivity contribution >= 4 is 15.9 Å². The lowest BCUT2D eigenvalue weighted by Crippen LogP contribution is -1.83. The molecule has 0 aliphatic carbocycles. The highest BCUT2D eigenvalue weighted by atomic mass is 79.9. The molecule has 0 spiro atoms. The molecule has 4 heteroatoms. The van der Waals surface area contributed by atoms with Crippen LogP contribution in [0.1, 0.15) is 5.56 Å². The van der Waals surface area contributed by atoms with Gasteiger partial charge in [0.1, 0.15) is 5.82 Å². The van der Waals surface area contributed by atoms with Gasteiger partial charge >= 0.3 is 0 Å². The summed E-state index contributed by atoms with van der Waals surface area (Å²) in [6.07, 6.45) is 1.19. The van der Waals surface area contributed by atoms with Crippen molar-refractivity contribution in [3.63, 3.8) is 0 Å². The van der Waals surface area contributed by atoms with Gasteiger partial charge in [0, 0.05) is 11.8 Å². The Morgan fingerprint density at radius 2 is 2.44 bits per heavy atom. The fourth-order valence-electron chi connectivity index (χ4n) is 0.551. The quantitative estimate of drug-likeness (QED) is 0.696. The third-order valence-electron chi connectivity index (χ3n) is 1.04. The highest BCUT2D eigenvalue weighted by molar-refractivity contribution is 9.10. The van der Waals surface area contributed by atoms with Gasteiger partial charge in [-0.3, -0.25) is 0 Å². The molecule has 0 atom stereocenters. The van der Waals surface area contributed by atoms with E-state index in [0.29, 0.717) is 4.60 Å². The SMILES string of the molecule is OCc1c(F)c[nH]c1Br. The fraction of sp³-hybridized carbons (Fsp3) is 0.200. The maximum absolute atomic E-state index is 12.4. The number of H-pyrrole nitrogens is 1. The molecule has 2 N–H and O–H groups in total. The van der Waals surface area contributed by atoms with Crippen molar-refractivity contribution < 1.29 is 9.50 Å². The second kappa shape index (κ2) is 2.49. The monoisotopic (exact) mass is 193 g/mol. The molecule has 9 heavy (non-hydrogen) atoms. The molecule has 0 fully saturated rings. The first-order valence-electron chi connectivity index (χ1n) is 2.38. The predicted molar refractivity (Wildman–Crippen MR) is 34.4 cm³/mol. The molecule has 0 aromatic carbocycles. The van der Waals surface area contributed by atoms with Gasteiger partial charge in [0.2, 0.25) is 0 Å². The minimum atomic E-state index is -0.413. The van der Waals surface area contributed by atoms with Crippen molar-refractivity contribution in [2.24, 2.45) is 0 Å². The van der Waals surface area contributed by atoms with Crippen molar-refractivity contribution in [1.82, 2.24) is 4.98 Å². The molecule has 0 radical (unpaired) electrons. The van der Waals surface area contributed by atoms with Gasteiger partial charge in [-0.15, -0.1) is 0 Å². The molecule has 0 unspecified atom stereocenters. The van der Waals surface area contributed by atoms with Gasteiger partial charge in [0.05, 0.1) is 11.2 Å². The Morgan fingerprint density at radius 1 is 1.78 bits per heavy atom. The number of nitrogens with one attached hydrogen (secondary N) is 1. The van der Waals surface area contributed by atoms with Crippen molar-refractivity contribution in [3.8, 4) is 0 Å². The van der Waals surface area contributed by atoms with Gasteiger partial charge in [-0.1, -0.05) is 0 Å². The van der Waals surface area contributed by atoms with Crippen LogP contribution in [-0.4, -0.2) is 10.1 Å². The van der Waals surface area contributed by atoms with Crippen LogP contribution in [0.15, 0.2) is 10.8 Å². The molecule has 1 aromatic rings. The summed E-state index contributed by atoms with van der Waals surface area (Å²) in [6, 6.07) is 0. The predicted octanol–water partition coefficient (Wildman–Crippen LogP) is 1.41. The normalized spacial score (nSPS) is 10.1. The van der Waals surface area contributed by atoms with Crippen molar-refractivity contribution in [3.05, 3.63) is 22.2 Å². The summed E-state index contributed by atoms with van der Waals surface area (Å²) in [7, 11) is 0. The molecule has 0 saturated heterocycles. The van der Waals surface area contributed by atoms with E-state index < -0.39 is 5.82 Å². The average molecular weight is 194 g/mol. The van der Waals surface area contributed by atoms with E-state index in [2.05, 4.69) is 20.9 Å². The summed E-state index contributed by atoms with van der Waals surface area (Å²) in [6.45, 7) is -0.282.